The Balaban J connectivity index is 1.57. The molecule has 148 valence electrons. The zero-order chi connectivity index (χ0) is 20.1. The Bertz CT molecular complexity index is 885. The second-order valence-electron chi connectivity index (χ2n) is 6.60. The third kappa shape index (κ3) is 4.95. The number of nitrogens with one attached hydrogen (secondary N) is 2. The van der Waals surface area contributed by atoms with E-state index in [2.05, 4.69) is 10.6 Å². The summed E-state index contributed by atoms with van der Waals surface area (Å²) in [5.74, 6) is 0.914. The zero-order valence-electron chi connectivity index (χ0n) is 15.9. The number of ether oxygens (including phenoxy) is 2. The number of amides is 2. The maximum atomic E-state index is 12.2. The molecule has 2 amide bonds. The average molecular weight is 403 g/mol. The molecule has 2 N–H and O–H groups in total. The maximum absolute atomic E-state index is 12.2. The van der Waals surface area contributed by atoms with Crippen molar-refractivity contribution in [1.82, 2.24) is 10.6 Å². The molecular formula is C21H23ClN2O4. The largest absolute Gasteiger partial charge is 0.494 e. The molecular weight excluding hydrogens is 380 g/mol. The third-order valence-electron chi connectivity index (χ3n) is 4.35. The van der Waals surface area contributed by atoms with Gasteiger partial charge in [0.2, 0.25) is 5.91 Å². The second-order valence-corrected chi connectivity index (χ2v) is 7.04. The molecule has 1 atom stereocenters. The Morgan fingerprint density at radius 3 is 2.82 bits per heavy atom. The van der Waals surface area contributed by atoms with Gasteiger partial charge in [-0.2, -0.15) is 0 Å². The van der Waals surface area contributed by atoms with Gasteiger partial charge < -0.3 is 20.1 Å². The number of fused-ring (bicyclic) bond motifs is 1. The smallest absolute Gasteiger partial charge is 0.251 e. The SMILES string of the molecule is CCOc1cc2c(cc1CNC(=O)CNC(=O)c1cccc(Cl)c1)O[C@@H](C)C2. The molecule has 2 aromatic carbocycles. The van der Waals surface area contributed by atoms with Crippen molar-refractivity contribution in [2.75, 3.05) is 13.2 Å². The minimum atomic E-state index is -0.354. The molecule has 0 saturated heterocycles. The molecule has 0 spiro atoms. The van der Waals surface area contributed by atoms with Crippen molar-refractivity contribution in [1.29, 1.82) is 0 Å². The first kappa shape index (κ1) is 20.0. The van der Waals surface area contributed by atoms with Crippen LogP contribution < -0.4 is 20.1 Å². The van der Waals surface area contributed by atoms with E-state index in [-0.39, 0.29) is 31.0 Å². The molecule has 1 aliphatic heterocycles. The van der Waals surface area contributed by atoms with Gasteiger partial charge >= 0.3 is 0 Å². The number of rotatable bonds is 7. The summed E-state index contributed by atoms with van der Waals surface area (Å²) in [6.45, 7) is 4.62. The van der Waals surface area contributed by atoms with E-state index in [9.17, 15) is 9.59 Å². The van der Waals surface area contributed by atoms with Gasteiger partial charge in [-0.15, -0.1) is 0 Å². The van der Waals surface area contributed by atoms with Crippen molar-refractivity contribution in [2.24, 2.45) is 0 Å². The predicted octanol–water partition coefficient (Wildman–Crippen LogP) is 3.11. The monoisotopic (exact) mass is 402 g/mol. The Labute approximate surface area is 169 Å². The fourth-order valence-corrected chi connectivity index (χ4v) is 3.25. The molecule has 7 heteroatoms. The van der Waals surface area contributed by atoms with Crippen LogP contribution in [-0.4, -0.2) is 31.1 Å². The third-order valence-corrected chi connectivity index (χ3v) is 4.59. The predicted molar refractivity (Wildman–Crippen MR) is 107 cm³/mol. The van der Waals surface area contributed by atoms with Crippen molar-refractivity contribution in [3.05, 3.63) is 58.1 Å². The number of carbonyl (C=O) groups is 2. The topological polar surface area (TPSA) is 76.7 Å². The molecule has 0 aliphatic carbocycles. The van der Waals surface area contributed by atoms with Gasteiger partial charge in [0.15, 0.2) is 0 Å². The molecule has 3 rings (SSSR count). The normalized spacial score (nSPS) is 14.8. The van der Waals surface area contributed by atoms with Gasteiger partial charge in [0.25, 0.3) is 5.91 Å². The van der Waals surface area contributed by atoms with Gasteiger partial charge in [0.1, 0.15) is 17.6 Å². The summed E-state index contributed by atoms with van der Waals surface area (Å²) in [7, 11) is 0. The highest BCUT2D eigenvalue weighted by Crippen LogP contribution is 2.35. The van der Waals surface area contributed by atoms with Gasteiger partial charge in [0.05, 0.1) is 13.2 Å². The first-order valence-electron chi connectivity index (χ1n) is 9.22. The van der Waals surface area contributed by atoms with E-state index in [1.54, 1.807) is 24.3 Å². The van der Waals surface area contributed by atoms with E-state index in [1.165, 1.54) is 0 Å². The summed E-state index contributed by atoms with van der Waals surface area (Å²) in [4.78, 5) is 24.2. The van der Waals surface area contributed by atoms with Crippen molar-refractivity contribution in [3.8, 4) is 11.5 Å². The van der Waals surface area contributed by atoms with Gasteiger partial charge in [-0.25, -0.2) is 0 Å². The average Bonchev–Trinajstić information content (AvgIpc) is 3.03. The number of hydrogen-bond donors (Lipinski definition) is 2. The number of benzene rings is 2. The minimum absolute atomic E-state index is 0.131. The van der Waals surface area contributed by atoms with Gasteiger partial charge in [-0.05, 0) is 44.2 Å². The van der Waals surface area contributed by atoms with Crippen molar-refractivity contribution < 1.29 is 19.1 Å². The number of halogens is 1. The van der Waals surface area contributed by atoms with E-state index in [4.69, 9.17) is 21.1 Å². The molecule has 1 heterocycles. The van der Waals surface area contributed by atoms with Crippen LogP contribution in [0.5, 0.6) is 11.5 Å². The molecule has 0 saturated carbocycles. The van der Waals surface area contributed by atoms with Crippen molar-refractivity contribution >= 4 is 23.4 Å². The van der Waals surface area contributed by atoms with Crippen LogP contribution in [0.4, 0.5) is 0 Å². The quantitative estimate of drug-likeness (QED) is 0.746. The zero-order valence-corrected chi connectivity index (χ0v) is 16.6. The molecule has 0 aromatic heterocycles. The van der Waals surface area contributed by atoms with Crippen LogP contribution in [0.1, 0.15) is 35.3 Å². The lowest BCUT2D eigenvalue weighted by Crippen LogP contribution is -2.36. The summed E-state index contributed by atoms with van der Waals surface area (Å²) in [6, 6.07) is 10.4. The van der Waals surface area contributed by atoms with Gasteiger partial charge in [-0.3, -0.25) is 9.59 Å². The van der Waals surface area contributed by atoms with E-state index in [0.717, 1.165) is 29.0 Å². The molecule has 0 fully saturated rings. The Morgan fingerprint density at radius 1 is 1.25 bits per heavy atom. The van der Waals surface area contributed by atoms with Crippen LogP contribution in [0.3, 0.4) is 0 Å². The lowest BCUT2D eigenvalue weighted by molar-refractivity contribution is -0.120. The summed E-state index contributed by atoms with van der Waals surface area (Å²) >= 11 is 5.88. The minimum Gasteiger partial charge on any atom is -0.494 e. The highest BCUT2D eigenvalue weighted by Gasteiger charge is 2.22. The highest BCUT2D eigenvalue weighted by atomic mass is 35.5. The van der Waals surface area contributed by atoms with Crippen molar-refractivity contribution in [2.45, 2.75) is 32.9 Å². The van der Waals surface area contributed by atoms with Crippen LogP contribution in [0.15, 0.2) is 36.4 Å². The summed E-state index contributed by atoms with van der Waals surface area (Å²) < 4.78 is 11.5. The molecule has 2 aromatic rings. The number of hydrogen-bond acceptors (Lipinski definition) is 4. The lowest BCUT2D eigenvalue weighted by atomic mass is 10.1. The standard InChI is InChI=1S/C21H23ClN2O4/c1-3-27-18-9-15-7-13(2)28-19(15)10-16(18)11-23-20(25)12-24-21(26)14-5-4-6-17(22)8-14/h4-6,8-10,13H,3,7,11-12H2,1-2H3,(H,23,25)(H,24,26)/t13-/m0/s1. The van der Waals surface area contributed by atoms with E-state index >= 15 is 0 Å². The van der Waals surface area contributed by atoms with Gasteiger partial charge in [0, 0.05) is 34.7 Å². The molecule has 0 radical (unpaired) electrons. The van der Waals surface area contributed by atoms with Crippen LogP contribution in [0.25, 0.3) is 0 Å². The Hall–Kier alpha value is -2.73. The first-order valence-corrected chi connectivity index (χ1v) is 9.59. The van der Waals surface area contributed by atoms with Crippen LogP contribution in [0.2, 0.25) is 5.02 Å². The first-order chi connectivity index (χ1) is 13.5. The molecule has 0 bridgehead atoms. The van der Waals surface area contributed by atoms with E-state index < -0.39 is 0 Å². The van der Waals surface area contributed by atoms with E-state index in [1.807, 2.05) is 26.0 Å². The molecule has 28 heavy (non-hydrogen) atoms. The molecule has 0 unspecified atom stereocenters. The fraction of sp³-hybridized carbons (Fsp3) is 0.333. The second kappa shape index (κ2) is 8.97. The Morgan fingerprint density at radius 2 is 2.07 bits per heavy atom. The molecule has 1 aliphatic rings. The van der Waals surface area contributed by atoms with Crippen molar-refractivity contribution in [3.63, 3.8) is 0 Å². The summed E-state index contributed by atoms with van der Waals surface area (Å²) in [5, 5.41) is 5.85. The lowest BCUT2D eigenvalue weighted by Gasteiger charge is -2.13. The highest BCUT2D eigenvalue weighted by molar-refractivity contribution is 6.30. The fourth-order valence-electron chi connectivity index (χ4n) is 3.06. The van der Waals surface area contributed by atoms with Gasteiger partial charge in [-0.1, -0.05) is 17.7 Å². The molecule has 6 nitrogen and oxygen atoms in total. The van der Waals surface area contributed by atoms with E-state index in [0.29, 0.717) is 17.2 Å². The summed E-state index contributed by atoms with van der Waals surface area (Å²) in [5.41, 5.74) is 2.35. The number of carbonyl (C=O) groups excluding carboxylic acids is 2. The maximum Gasteiger partial charge on any atom is 0.251 e. The van der Waals surface area contributed by atoms with Crippen LogP contribution in [0, 0.1) is 0 Å². The summed E-state index contributed by atoms with van der Waals surface area (Å²) in [6.07, 6.45) is 0.980. The Kier molecular flexibility index (Phi) is 6.41. The van der Waals surface area contributed by atoms with Crippen LogP contribution >= 0.6 is 11.6 Å². The van der Waals surface area contributed by atoms with Crippen LogP contribution in [-0.2, 0) is 17.8 Å².